The Bertz CT molecular complexity index is 445. The molecule has 0 bridgehead atoms. The molecule has 17 heavy (non-hydrogen) atoms. The highest BCUT2D eigenvalue weighted by Gasteiger charge is 2.26. The molecular formula is C12H14N2O3. The Balaban J connectivity index is 2.33. The molecule has 0 radical (unpaired) electrons. The molecule has 0 aliphatic carbocycles. The van der Waals surface area contributed by atoms with Crippen LogP contribution in [-0.4, -0.2) is 24.8 Å². The van der Waals surface area contributed by atoms with E-state index in [-0.39, 0.29) is 18.1 Å². The Kier molecular flexibility index (Phi) is 3.51. The van der Waals surface area contributed by atoms with Crippen LogP contribution in [0.1, 0.15) is 23.2 Å². The number of hydrogen-bond acceptors (Lipinski definition) is 4. The predicted octanol–water partition coefficient (Wildman–Crippen LogP) is 0.886. The molecule has 1 saturated heterocycles. The van der Waals surface area contributed by atoms with Gasteiger partial charge in [-0.1, -0.05) is 12.1 Å². The number of ketones is 1. The lowest BCUT2D eigenvalue weighted by molar-refractivity contribution is -0.119. The summed E-state index contributed by atoms with van der Waals surface area (Å²) in [4.78, 5) is 28.6. The average molecular weight is 234 g/mol. The van der Waals surface area contributed by atoms with Gasteiger partial charge in [0.1, 0.15) is 0 Å². The second kappa shape index (κ2) is 5.07. The molecule has 0 unspecified atom stereocenters. The van der Waals surface area contributed by atoms with Gasteiger partial charge in [-0.15, -0.1) is 0 Å². The first kappa shape index (κ1) is 11.8. The number of rotatable bonds is 4. The van der Waals surface area contributed by atoms with Gasteiger partial charge in [-0.2, -0.15) is 5.06 Å². The van der Waals surface area contributed by atoms with E-state index >= 15 is 0 Å². The maximum atomic E-state index is 11.9. The van der Waals surface area contributed by atoms with Crippen LogP contribution < -0.4 is 10.8 Å². The lowest BCUT2D eigenvalue weighted by atomic mass is 10.1. The summed E-state index contributed by atoms with van der Waals surface area (Å²) in [5.41, 5.74) is 6.35. The number of benzene rings is 1. The van der Waals surface area contributed by atoms with E-state index in [4.69, 9.17) is 10.6 Å². The fraction of sp³-hybridized carbons (Fsp3) is 0.333. The van der Waals surface area contributed by atoms with Gasteiger partial charge in [0.25, 0.3) is 5.91 Å². The number of Topliss-reactive ketones (excluding diaryl/α,β-unsaturated/α-hetero) is 1. The molecule has 0 saturated carbocycles. The number of hydroxylamine groups is 1. The maximum absolute atomic E-state index is 11.9. The van der Waals surface area contributed by atoms with E-state index in [1.807, 2.05) is 0 Å². The molecule has 0 spiro atoms. The Morgan fingerprint density at radius 1 is 1.41 bits per heavy atom. The van der Waals surface area contributed by atoms with Gasteiger partial charge in [0.2, 0.25) is 0 Å². The van der Waals surface area contributed by atoms with E-state index in [0.717, 1.165) is 0 Å². The van der Waals surface area contributed by atoms with Crippen LogP contribution in [0.3, 0.4) is 0 Å². The maximum Gasteiger partial charge on any atom is 0.253 e. The van der Waals surface area contributed by atoms with Crippen LogP contribution in [0.5, 0.6) is 0 Å². The van der Waals surface area contributed by atoms with E-state index in [0.29, 0.717) is 30.8 Å². The van der Waals surface area contributed by atoms with Crippen molar-refractivity contribution in [2.45, 2.75) is 12.8 Å². The third kappa shape index (κ3) is 2.35. The number of carbonyl (C=O) groups excluding carboxylic acids is 2. The molecule has 90 valence electrons. The number of anilines is 1. The standard InChI is InChI=1S/C12H14N2O3/c13-7-5-11(15)9-3-1-2-4-10(9)14-12(16)6-8-17-14/h1-4H,5-8,13H2. The zero-order chi connectivity index (χ0) is 12.3. The minimum atomic E-state index is -0.127. The Hall–Kier alpha value is -1.72. The van der Waals surface area contributed by atoms with Gasteiger partial charge in [0.15, 0.2) is 5.78 Å². The zero-order valence-corrected chi connectivity index (χ0v) is 9.39. The van der Waals surface area contributed by atoms with Crippen molar-refractivity contribution in [1.29, 1.82) is 0 Å². The molecule has 1 aromatic carbocycles. The molecule has 2 rings (SSSR count). The first-order valence-electron chi connectivity index (χ1n) is 5.52. The quantitative estimate of drug-likeness (QED) is 0.785. The number of nitrogens with two attached hydrogens (primary N) is 1. The number of carbonyl (C=O) groups is 2. The normalized spacial score (nSPS) is 15.4. The fourth-order valence-electron chi connectivity index (χ4n) is 1.75. The van der Waals surface area contributed by atoms with Crippen LogP contribution in [0.4, 0.5) is 5.69 Å². The summed E-state index contributed by atoms with van der Waals surface area (Å²) in [5.74, 6) is -0.204. The molecule has 5 nitrogen and oxygen atoms in total. The molecule has 1 aliphatic rings. The topological polar surface area (TPSA) is 72.6 Å². The second-order valence-corrected chi connectivity index (χ2v) is 3.75. The zero-order valence-electron chi connectivity index (χ0n) is 9.39. The van der Waals surface area contributed by atoms with Gasteiger partial charge < -0.3 is 5.73 Å². The molecule has 1 fully saturated rings. The molecule has 1 heterocycles. The third-order valence-electron chi connectivity index (χ3n) is 2.56. The molecular weight excluding hydrogens is 220 g/mol. The summed E-state index contributed by atoms with van der Waals surface area (Å²) in [6.07, 6.45) is 0.610. The van der Waals surface area contributed by atoms with Crippen molar-refractivity contribution in [2.24, 2.45) is 5.73 Å². The number of nitrogens with zero attached hydrogens (tertiary/aromatic N) is 1. The highest BCUT2D eigenvalue weighted by atomic mass is 16.7. The molecule has 1 amide bonds. The predicted molar refractivity (Wildman–Crippen MR) is 62.5 cm³/mol. The molecule has 1 aliphatic heterocycles. The first-order valence-corrected chi connectivity index (χ1v) is 5.52. The minimum Gasteiger partial charge on any atom is -0.330 e. The summed E-state index contributed by atoms with van der Waals surface area (Å²) >= 11 is 0. The molecule has 0 atom stereocenters. The van der Waals surface area contributed by atoms with Crippen molar-refractivity contribution < 1.29 is 14.4 Å². The average Bonchev–Trinajstić information content (AvgIpc) is 2.76. The minimum absolute atomic E-state index is 0.0774. The first-order chi connectivity index (χ1) is 8.24. The molecule has 2 N–H and O–H groups in total. The van der Waals surface area contributed by atoms with Crippen LogP contribution in [0.15, 0.2) is 24.3 Å². The van der Waals surface area contributed by atoms with Gasteiger partial charge in [-0.05, 0) is 18.7 Å². The van der Waals surface area contributed by atoms with Crippen molar-refractivity contribution in [3.8, 4) is 0 Å². The number of para-hydroxylation sites is 1. The van der Waals surface area contributed by atoms with Crippen LogP contribution in [0.2, 0.25) is 0 Å². The van der Waals surface area contributed by atoms with E-state index < -0.39 is 0 Å². The second-order valence-electron chi connectivity index (χ2n) is 3.75. The van der Waals surface area contributed by atoms with Crippen LogP contribution >= 0.6 is 0 Å². The van der Waals surface area contributed by atoms with Crippen LogP contribution in [0, 0.1) is 0 Å². The van der Waals surface area contributed by atoms with Crippen molar-refractivity contribution >= 4 is 17.4 Å². The molecule has 1 aromatic rings. The Labute approximate surface area is 99.1 Å². The number of amides is 1. The summed E-state index contributed by atoms with van der Waals surface area (Å²) in [7, 11) is 0. The van der Waals surface area contributed by atoms with Gasteiger partial charge in [-0.3, -0.25) is 14.4 Å². The summed E-state index contributed by atoms with van der Waals surface area (Å²) < 4.78 is 0. The van der Waals surface area contributed by atoms with Crippen molar-refractivity contribution in [3.05, 3.63) is 29.8 Å². The lowest BCUT2D eigenvalue weighted by Gasteiger charge is -2.17. The smallest absolute Gasteiger partial charge is 0.253 e. The third-order valence-corrected chi connectivity index (χ3v) is 2.56. The van der Waals surface area contributed by atoms with E-state index in [1.54, 1.807) is 24.3 Å². The van der Waals surface area contributed by atoms with E-state index in [9.17, 15) is 9.59 Å². The van der Waals surface area contributed by atoms with Crippen molar-refractivity contribution in [2.75, 3.05) is 18.2 Å². The molecule has 5 heteroatoms. The fourth-order valence-corrected chi connectivity index (χ4v) is 1.75. The highest BCUT2D eigenvalue weighted by Crippen LogP contribution is 2.25. The largest absolute Gasteiger partial charge is 0.330 e. The highest BCUT2D eigenvalue weighted by molar-refractivity contribution is 6.05. The lowest BCUT2D eigenvalue weighted by Crippen LogP contribution is -2.24. The monoisotopic (exact) mass is 234 g/mol. The SMILES string of the molecule is NCCC(=O)c1ccccc1N1OCCC1=O. The molecule has 0 aromatic heterocycles. The van der Waals surface area contributed by atoms with Gasteiger partial charge in [0.05, 0.1) is 18.7 Å². The summed E-state index contributed by atoms with van der Waals surface area (Å²) in [6.45, 7) is 0.653. The Morgan fingerprint density at radius 3 is 2.82 bits per heavy atom. The van der Waals surface area contributed by atoms with Crippen molar-refractivity contribution in [3.63, 3.8) is 0 Å². The van der Waals surface area contributed by atoms with Crippen LogP contribution in [0.25, 0.3) is 0 Å². The number of hydrogen-bond donors (Lipinski definition) is 1. The summed E-state index contributed by atoms with van der Waals surface area (Å²) in [6, 6.07) is 6.91. The van der Waals surface area contributed by atoms with Crippen LogP contribution in [-0.2, 0) is 9.63 Å². The van der Waals surface area contributed by atoms with E-state index in [2.05, 4.69) is 0 Å². The Morgan fingerprint density at radius 2 is 2.18 bits per heavy atom. The van der Waals surface area contributed by atoms with Gasteiger partial charge in [-0.25, -0.2) is 0 Å². The van der Waals surface area contributed by atoms with Gasteiger partial charge >= 0.3 is 0 Å². The van der Waals surface area contributed by atoms with E-state index in [1.165, 1.54) is 5.06 Å². The van der Waals surface area contributed by atoms with Gasteiger partial charge in [0, 0.05) is 12.0 Å². The van der Waals surface area contributed by atoms with Crippen molar-refractivity contribution in [1.82, 2.24) is 0 Å². The summed E-state index contributed by atoms with van der Waals surface area (Å²) in [5, 5.41) is 1.20.